The van der Waals surface area contributed by atoms with Gasteiger partial charge in [-0.1, -0.05) is 48.1 Å². The summed E-state index contributed by atoms with van der Waals surface area (Å²) in [6, 6.07) is 8.60. The molecule has 0 nitrogen and oxygen atoms in total. The van der Waals surface area contributed by atoms with Gasteiger partial charge in [0.25, 0.3) is 0 Å². The molecule has 0 N–H and O–H groups in total. The lowest BCUT2D eigenvalue weighted by atomic mass is 10.1. The predicted octanol–water partition coefficient (Wildman–Crippen LogP) is 3.97. The van der Waals surface area contributed by atoms with E-state index in [9.17, 15) is 0 Å². The molecule has 0 aromatic heterocycles. The van der Waals surface area contributed by atoms with Gasteiger partial charge in [0.1, 0.15) is 0 Å². The minimum absolute atomic E-state index is 1.30. The molecule has 0 unspecified atom stereocenters. The number of benzene rings is 1. The highest BCUT2D eigenvalue weighted by molar-refractivity contribution is 5.65. The smallest absolute Gasteiger partial charge is 0.0227 e. The highest BCUT2D eigenvalue weighted by Crippen LogP contribution is 2.13. The third-order valence-electron chi connectivity index (χ3n) is 2.05. The fourth-order valence-electron chi connectivity index (χ4n) is 1.15. The van der Waals surface area contributed by atoms with Crippen LogP contribution in [-0.4, -0.2) is 0 Å². The van der Waals surface area contributed by atoms with E-state index in [0.29, 0.717) is 0 Å². The molecule has 0 amide bonds. The Morgan fingerprint density at radius 3 is 2.31 bits per heavy atom. The van der Waals surface area contributed by atoms with Gasteiger partial charge >= 0.3 is 0 Å². The first-order chi connectivity index (χ1) is 6.24. The minimum atomic E-state index is 1.30. The summed E-state index contributed by atoms with van der Waals surface area (Å²) in [5.41, 5.74) is 3.91. The third kappa shape index (κ3) is 2.90. The van der Waals surface area contributed by atoms with E-state index in [-0.39, 0.29) is 0 Å². The van der Waals surface area contributed by atoms with Crippen molar-refractivity contribution >= 4 is 5.57 Å². The summed E-state index contributed by atoms with van der Waals surface area (Å²) in [7, 11) is 0. The number of hydrogen-bond acceptors (Lipinski definition) is 0. The molecule has 0 spiro atoms. The van der Waals surface area contributed by atoms with Gasteiger partial charge < -0.3 is 0 Å². The predicted molar refractivity (Wildman–Crippen MR) is 59.6 cm³/mol. The van der Waals surface area contributed by atoms with Crippen molar-refractivity contribution < 1.29 is 0 Å². The van der Waals surface area contributed by atoms with Gasteiger partial charge in [-0.05, 0) is 31.9 Å². The lowest BCUT2D eigenvalue weighted by molar-refractivity contribution is 1.44. The maximum absolute atomic E-state index is 2.16. The van der Waals surface area contributed by atoms with Crippen molar-refractivity contribution in [2.45, 2.75) is 20.8 Å². The second kappa shape index (κ2) is 4.66. The van der Waals surface area contributed by atoms with Crippen LogP contribution in [0.4, 0.5) is 0 Å². The molecule has 0 heteroatoms. The monoisotopic (exact) mass is 172 g/mol. The number of allylic oxidation sites excluding steroid dienone is 4. The molecule has 0 bridgehead atoms. The van der Waals surface area contributed by atoms with Crippen LogP contribution in [0.2, 0.25) is 0 Å². The number of hydrogen-bond donors (Lipinski definition) is 0. The number of aryl methyl sites for hydroxylation is 1. The van der Waals surface area contributed by atoms with Crippen LogP contribution in [0.3, 0.4) is 0 Å². The zero-order valence-corrected chi connectivity index (χ0v) is 8.54. The van der Waals surface area contributed by atoms with Crippen LogP contribution in [0.25, 0.3) is 5.57 Å². The zero-order valence-electron chi connectivity index (χ0n) is 8.54. The van der Waals surface area contributed by atoms with E-state index in [1.165, 1.54) is 16.7 Å². The van der Waals surface area contributed by atoms with E-state index in [4.69, 9.17) is 0 Å². The normalized spacial score (nSPS) is 12.4. The Labute approximate surface area is 80.6 Å². The molecule has 1 aromatic carbocycles. The molecule has 1 rings (SSSR count). The Morgan fingerprint density at radius 2 is 1.77 bits per heavy atom. The average Bonchev–Trinajstić information content (AvgIpc) is 2.15. The molecule has 1 aromatic rings. The van der Waals surface area contributed by atoms with Gasteiger partial charge in [0.15, 0.2) is 0 Å². The molecule has 0 heterocycles. The largest absolute Gasteiger partial charge is 0.0877 e. The van der Waals surface area contributed by atoms with Crippen molar-refractivity contribution in [3.63, 3.8) is 0 Å². The molecule has 0 aliphatic carbocycles. The Morgan fingerprint density at radius 1 is 1.15 bits per heavy atom. The fourth-order valence-corrected chi connectivity index (χ4v) is 1.15. The quantitative estimate of drug-likeness (QED) is 0.592. The van der Waals surface area contributed by atoms with Crippen molar-refractivity contribution in [2.75, 3.05) is 0 Å². The maximum atomic E-state index is 2.16. The van der Waals surface area contributed by atoms with Crippen molar-refractivity contribution in [3.8, 4) is 0 Å². The van der Waals surface area contributed by atoms with Gasteiger partial charge in [-0.3, -0.25) is 0 Å². The summed E-state index contributed by atoms with van der Waals surface area (Å²) in [5, 5.41) is 0. The molecular formula is C13H16. The summed E-state index contributed by atoms with van der Waals surface area (Å²) >= 11 is 0. The molecule has 0 aliphatic heterocycles. The molecule has 0 radical (unpaired) electrons. The summed E-state index contributed by atoms with van der Waals surface area (Å²) in [6.45, 7) is 6.26. The van der Waals surface area contributed by atoms with Crippen LogP contribution < -0.4 is 0 Å². The topological polar surface area (TPSA) is 0 Å². The van der Waals surface area contributed by atoms with Crippen LogP contribution in [0.15, 0.2) is 42.5 Å². The molecule has 0 saturated heterocycles. The Bertz CT molecular complexity index is 312. The first-order valence-corrected chi connectivity index (χ1v) is 4.60. The highest BCUT2D eigenvalue weighted by Gasteiger charge is 1.92. The van der Waals surface area contributed by atoms with Gasteiger partial charge in [-0.2, -0.15) is 0 Å². The minimum Gasteiger partial charge on any atom is -0.0877 e. The fraction of sp³-hybridized carbons (Fsp3) is 0.231. The van der Waals surface area contributed by atoms with Crippen molar-refractivity contribution in [1.29, 1.82) is 0 Å². The van der Waals surface area contributed by atoms with E-state index < -0.39 is 0 Å². The van der Waals surface area contributed by atoms with Gasteiger partial charge in [-0.25, -0.2) is 0 Å². The lowest BCUT2D eigenvalue weighted by Gasteiger charge is -2.00. The second-order valence-corrected chi connectivity index (χ2v) is 3.24. The van der Waals surface area contributed by atoms with Crippen LogP contribution in [0.5, 0.6) is 0 Å². The van der Waals surface area contributed by atoms with Crippen LogP contribution in [-0.2, 0) is 0 Å². The first kappa shape index (κ1) is 9.79. The molecule has 13 heavy (non-hydrogen) atoms. The summed E-state index contributed by atoms with van der Waals surface area (Å²) < 4.78 is 0. The van der Waals surface area contributed by atoms with Crippen molar-refractivity contribution in [3.05, 3.63) is 53.6 Å². The summed E-state index contributed by atoms with van der Waals surface area (Å²) in [6.07, 6.45) is 6.23. The molecule has 68 valence electrons. The van der Waals surface area contributed by atoms with E-state index in [1.54, 1.807) is 0 Å². The second-order valence-electron chi connectivity index (χ2n) is 3.24. The van der Waals surface area contributed by atoms with Gasteiger partial charge in [0.2, 0.25) is 0 Å². The summed E-state index contributed by atoms with van der Waals surface area (Å²) in [5.74, 6) is 0. The molecule has 0 fully saturated rings. The van der Waals surface area contributed by atoms with E-state index in [2.05, 4.69) is 50.3 Å². The third-order valence-corrected chi connectivity index (χ3v) is 2.05. The zero-order chi connectivity index (χ0) is 9.68. The standard InChI is InChI=1S/C13H16/c1-4-5-6-12(3)13-9-7-11(2)8-10-13/h4-10H,1-3H3/b5-4+,12-6+. The van der Waals surface area contributed by atoms with E-state index in [1.807, 2.05) is 13.0 Å². The van der Waals surface area contributed by atoms with Gasteiger partial charge in [0.05, 0.1) is 0 Å². The maximum Gasteiger partial charge on any atom is -0.0227 e. The van der Waals surface area contributed by atoms with E-state index in [0.717, 1.165) is 0 Å². The lowest BCUT2D eigenvalue weighted by Crippen LogP contribution is -1.78. The van der Waals surface area contributed by atoms with Crippen LogP contribution >= 0.6 is 0 Å². The Hall–Kier alpha value is -1.30. The van der Waals surface area contributed by atoms with Crippen molar-refractivity contribution in [2.24, 2.45) is 0 Å². The molecule has 0 atom stereocenters. The Kier molecular flexibility index (Phi) is 3.51. The Balaban J connectivity index is 2.89. The van der Waals surface area contributed by atoms with E-state index >= 15 is 0 Å². The SMILES string of the molecule is C/C=C/C=C(\C)c1ccc(C)cc1. The van der Waals surface area contributed by atoms with Crippen LogP contribution in [0.1, 0.15) is 25.0 Å². The van der Waals surface area contributed by atoms with Gasteiger partial charge in [0, 0.05) is 0 Å². The molecule has 0 aliphatic rings. The van der Waals surface area contributed by atoms with Gasteiger partial charge in [-0.15, -0.1) is 0 Å². The average molecular weight is 172 g/mol. The highest BCUT2D eigenvalue weighted by atomic mass is 14.0. The van der Waals surface area contributed by atoms with Crippen LogP contribution in [0, 0.1) is 6.92 Å². The molecular weight excluding hydrogens is 156 g/mol. The number of rotatable bonds is 2. The van der Waals surface area contributed by atoms with Crippen molar-refractivity contribution in [1.82, 2.24) is 0 Å². The molecule has 0 saturated carbocycles. The first-order valence-electron chi connectivity index (χ1n) is 4.60. The summed E-state index contributed by atoms with van der Waals surface area (Å²) in [4.78, 5) is 0.